The molecule has 2 amide bonds. The second-order valence-corrected chi connectivity index (χ2v) is 5.57. The van der Waals surface area contributed by atoms with Gasteiger partial charge in [0, 0.05) is 12.6 Å². The summed E-state index contributed by atoms with van der Waals surface area (Å²) in [5.74, 6) is 0. The predicted octanol–water partition coefficient (Wildman–Crippen LogP) is 4.79. The molecule has 0 bridgehead atoms. The zero-order chi connectivity index (χ0) is 13.8. The first-order valence-corrected chi connectivity index (χ1v) is 7.40. The third kappa shape index (κ3) is 3.34. The number of piperidine rings is 1. The van der Waals surface area contributed by atoms with Crippen molar-refractivity contribution in [1.82, 2.24) is 4.90 Å². The largest absolute Gasteiger partial charge is 0.322 e. The van der Waals surface area contributed by atoms with Gasteiger partial charge >= 0.3 is 6.03 Å². The SMILES string of the molecule is CCC1CCCCN1C(=O)Nc1cccc(Cl)c1Cl. The van der Waals surface area contributed by atoms with Crippen molar-refractivity contribution in [1.29, 1.82) is 0 Å². The van der Waals surface area contributed by atoms with Gasteiger partial charge < -0.3 is 10.2 Å². The molecular weight excluding hydrogens is 283 g/mol. The number of rotatable bonds is 2. The van der Waals surface area contributed by atoms with E-state index < -0.39 is 0 Å². The number of benzene rings is 1. The molecule has 0 radical (unpaired) electrons. The molecule has 1 aliphatic rings. The lowest BCUT2D eigenvalue weighted by molar-refractivity contribution is 0.160. The molecule has 19 heavy (non-hydrogen) atoms. The van der Waals surface area contributed by atoms with Crippen LogP contribution in [0.4, 0.5) is 10.5 Å². The van der Waals surface area contributed by atoms with Gasteiger partial charge in [0.1, 0.15) is 0 Å². The Kier molecular flexibility index (Phi) is 4.94. The summed E-state index contributed by atoms with van der Waals surface area (Å²) in [5.41, 5.74) is 0.569. The van der Waals surface area contributed by atoms with Gasteiger partial charge in [-0.3, -0.25) is 0 Å². The molecule has 0 saturated carbocycles. The average Bonchev–Trinajstić information content (AvgIpc) is 2.43. The topological polar surface area (TPSA) is 32.3 Å². The van der Waals surface area contributed by atoms with Crippen molar-refractivity contribution in [2.45, 2.75) is 38.6 Å². The molecule has 1 saturated heterocycles. The van der Waals surface area contributed by atoms with Crippen molar-refractivity contribution in [3.05, 3.63) is 28.2 Å². The summed E-state index contributed by atoms with van der Waals surface area (Å²) in [4.78, 5) is 14.2. The number of nitrogens with zero attached hydrogens (tertiary/aromatic N) is 1. The number of carbonyl (C=O) groups excluding carboxylic acids is 1. The summed E-state index contributed by atoms with van der Waals surface area (Å²) in [6, 6.07) is 5.48. The van der Waals surface area contributed by atoms with Crippen molar-refractivity contribution in [2.75, 3.05) is 11.9 Å². The predicted molar refractivity (Wildman–Crippen MR) is 80.1 cm³/mol. The molecule has 5 heteroatoms. The van der Waals surface area contributed by atoms with E-state index in [-0.39, 0.29) is 6.03 Å². The lowest BCUT2D eigenvalue weighted by Crippen LogP contribution is -2.45. The minimum absolute atomic E-state index is 0.0873. The van der Waals surface area contributed by atoms with E-state index in [9.17, 15) is 4.79 Å². The first kappa shape index (κ1) is 14.5. The molecule has 1 N–H and O–H groups in total. The zero-order valence-electron chi connectivity index (χ0n) is 11.0. The second-order valence-electron chi connectivity index (χ2n) is 4.78. The van der Waals surface area contributed by atoms with Crippen LogP contribution in [0, 0.1) is 0 Å². The summed E-state index contributed by atoms with van der Waals surface area (Å²) in [6.07, 6.45) is 4.32. The first-order valence-electron chi connectivity index (χ1n) is 6.65. The fraction of sp³-hybridized carbons (Fsp3) is 0.500. The second kappa shape index (κ2) is 6.49. The van der Waals surface area contributed by atoms with Crippen LogP contribution in [0.1, 0.15) is 32.6 Å². The Labute approximate surface area is 123 Å². The number of hydrogen-bond donors (Lipinski definition) is 1. The highest BCUT2D eigenvalue weighted by atomic mass is 35.5. The highest BCUT2D eigenvalue weighted by Crippen LogP contribution is 2.30. The van der Waals surface area contributed by atoms with E-state index in [1.54, 1.807) is 18.2 Å². The van der Waals surface area contributed by atoms with E-state index in [2.05, 4.69) is 12.2 Å². The van der Waals surface area contributed by atoms with Crippen LogP contribution in [0.3, 0.4) is 0 Å². The summed E-state index contributed by atoms with van der Waals surface area (Å²) in [7, 11) is 0. The van der Waals surface area contributed by atoms with Crippen molar-refractivity contribution in [3.8, 4) is 0 Å². The van der Waals surface area contributed by atoms with Crippen molar-refractivity contribution in [2.24, 2.45) is 0 Å². The molecule has 1 aliphatic heterocycles. The standard InChI is InChI=1S/C14H18Cl2N2O/c1-2-10-6-3-4-9-18(10)14(19)17-12-8-5-7-11(15)13(12)16/h5,7-8,10H,2-4,6,9H2,1H3,(H,17,19). The maximum Gasteiger partial charge on any atom is 0.322 e. The number of likely N-dealkylation sites (tertiary alicyclic amines) is 1. The lowest BCUT2D eigenvalue weighted by Gasteiger charge is -2.35. The summed E-state index contributed by atoms with van der Waals surface area (Å²) < 4.78 is 0. The highest BCUT2D eigenvalue weighted by molar-refractivity contribution is 6.43. The van der Waals surface area contributed by atoms with Crippen molar-refractivity contribution < 1.29 is 4.79 Å². The fourth-order valence-electron chi connectivity index (χ4n) is 2.48. The molecule has 1 unspecified atom stereocenters. The molecular formula is C14H18Cl2N2O. The van der Waals surface area contributed by atoms with Crippen LogP contribution >= 0.6 is 23.2 Å². The zero-order valence-corrected chi connectivity index (χ0v) is 12.5. The van der Waals surface area contributed by atoms with E-state index in [4.69, 9.17) is 23.2 Å². The Morgan fingerprint density at radius 2 is 2.21 bits per heavy atom. The Bertz CT molecular complexity index is 465. The van der Waals surface area contributed by atoms with E-state index >= 15 is 0 Å². The lowest BCUT2D eigenvalue weighted by atomic mass is 10.0. The molecule has 1 atom stereocenters. The summed E-state index contributed by atoms with van der Waals surface area (Å²) in [6.45, 7) is 2.92. The third-order valence-electron chi connectivity index (χ3n) is 3.55. The highest BCUT2D eigenvalue weighted by Gasteiger charge is 2.25. The Hall–Kier alpha value is -0.930. The molecule has 1 aromatic rings. The summed E-state index contributed by atoms with van der Waals surface area (Å²) >= 11 is 12.0. The van der Waals surface area contributed by atoms with E-state index in [0.717, 1.165) is 25.8 Å². The van der Waals surface area contributed by atoms with Gasteiger partial charge in [-0.2, -0.15) is 0 Å². The van der Waals surface area contributed by atoms with Crippen LogP contribution in [-0.2, 0) is 0 Å². The molecule has 2 rings (SSSR count). The van der Waals surface area contributed by atoms with Gasteiger partial charge in [0.05, 0.1) is 15.7 Å². The maximum absolute atomic E-state index is 12.3. The fourth-order valence-corrected chi connectivity index (χ4v) is 2.83. The van der Waals surface area contributed by atoms with Crippen LogP contribution < -0.4 is 5.32 Å². The van der Waals surface area contributed by atoms with E-state index in [1.165, 1.54) is 6.42 Å². The van der Waals surface area contributed by atoms with Crippen LogP contribution in [-0.4, -0.2) is 23.5 Å². The third-order valence-corrected chi connectivity index (χ3v) is 4.37. The van der Waals surface area contributed by atoms with E-state index in [1.807, 2.05) is 4.90 Å². The molecule has 0 aromatic heterocycles. The van der Waals surface area contributed by atoms with Gasteiger partial charge in [0.25, 0.3) is 0 Å². The quantitative estimate of drug-likeness (QED) is 0.837. The van der Waals surface area contributed by atoms with Crippen LogP contribution in [0.15, 0.2) is 18.2 Å². The molecule has 0 spiro atoms. The normalized spacial score (nSPS) is 19.3. The van der Waals surface area contributed by atoms with Crippen LogP contribution in [0.5, 0.6) is 0 Å². The monoisotopic (exact) mass is 300 g/mol. The average molecular weight is 301 g/mol. The number of amides is 2. The molecule has 3 nitrogen and oxygen atoms in total. The van der Waals surface area contributed by atoms with E-state index in [0.29, 0.717) is 21.8 Å². The number of nitrogens with one attached hydrogen (secondary N) is 1. The Morgan fingerprint density at radius 1 is 1.42 bits per heavy atom. The van der Waals surface area contributed by atoms with Crippen molar-refractivity contribution >= 4 is 34.9 Å². The molecule has 0 aliphatic carbocycles. The van der Waals surface area contributed by atoms with Crippen LogP contribution in [0.2, 0.25) is 10.0 Å². The molecule has 1 fully saturated rings. The molecule has 1 aromatic carbocycles. The minimum Gasteiger partial charge on any atom is -0.322 e. The Morgan fingerprint density at radius 3 is 2.95 bits per heavy atom. The summed E-state index contributed by atoms with van der Waals surface area (Å²) in [5, 5.41) is 3.70. The number of halogens is 2. The van der Waals surface area contributed by atoms with Gasteiger partial charge in [-0.1, -0.05) is 36.2 Å². The van der Waals surface area contributed by atoms with Gasteiger partial charge in [-0.25, -0.2) is 4.79 Å². The number of carbonyl (C=O) groups is 1. The van der Waals surface area contributed by atoms with Crippen LogP contribution in [0.25, 0.3) is 0 Å². The first-order chi connectivity index (χ1) is 9.13. The van der Waals surface area contributed by atoms with Gasteiger partial charge in [-0.05, 0) is 37.8 Å². The Balaban J connectivity index is 2.09. The number of anilines is 1. The van der Waals surface area contributed by atoms with Gasteiger partial charge in [0.2, 0.25) is 0 Å². The smallest absolute Gasteiger partial charge is 0.322 e. The number of hydrogen-bond acceptors (Lipinski definition) is 1. The van der Waals surface area contributed by atoms with Gasteiger partial charge in [0.15, 0.2) is 0 Å². The maximum atomic E-state index is 12.3. The number of urea groups is 1. The molecule has 1 heterocycles. The molecule has 104 valence electrons. The minimum atomic E-state index is -0.0873. The van der Waals surface area contributed by atoms with Gasteiger partial charge in [-0.15, -0.1) is 0 Å². The van der Waals surface area contributed by atoms with Crippen molar-refractivity contribution in [3.63, 3.8) is 0 Å².